The van der Waals surface area contributed by atoms with E-state index in [1.807, 2.05) is 6.20 Å². The molecule has 1 aliphatic carbocycles. The first kappa shape index (κ1) is 10.4. The van der Waals surface area contributed by atoms with Crippen molar-refractivity contribution in [2.75, 3.05) is 19.8 Å². The molecule has 3 rings (SSSR count). The molecule has 0 amide bonds. The van der Waals surface area contributed by atoms with Crippen LogP contribution in [0.3, 0.4) is 0 Å². The zero-order valence-corrected chi connectivity index (χ0v) is 9.67. The second kappa shape index (κ2) is 4.63. The van der Waals surface area contributed by atoms with Crippen LogP contribution in [-0.2, 0) is 4.74 Å². The summed E-state index contributed by atoms with van der Waals surface area (Å²) in [6.07, 6.45) is 8.41. The van der Waals surface area contributed by atoms with Crippen molar-refractivity contribution in [2.24, 2.45) is 0 Å². The van der Waals surface area contributed by atoms with Gasteiger partial charge in [0.15, 0.2) is 0 Å². The monoisotopic (exact) mass is 228 g/mol. The largest absolute Gasteiger partial charge is 0.373 e. The Morgan fingerprint density at radius 1 is 1.35 bits per heavy atom. The summed E-state index contributed by atoms with van der Waals surface area (Å²) in [6, 6.07) is 8.39. The molecule has 1 aliphatic heterocycles. The van der Waals surface area contributed by atoms with Crippen molar-refractivity contribution in [3.8, 4) is 0 Å². The summed E-state index contributed by atoms with van der Waals surface area (Å²) in [5.74, 6) is 0. The van der Waals surface area contributed by atoms with E-state index in [1.165, 1.54) is 11.1 Å². The van der Waals surface area contributed by atoms with Crippen molar-refractivity contribution >= 4 is 6.08 Å². The predicted octanol–water partition coefficient (Wildman–Crippen LogP) is 2.10. The van der Waals surface area contributed by atoms with E-state index in [2.05, 4.69) is 52.8 Å². The predicted molar refractivity (Wildman–Crippen MR) is 68.0 cm³/mol. The average Bonchev–Trinajstić information content (AvgIpc) is 2.99. The highest BCUT2D eigenvalue weighted by Gasteiger charge is 2.16. The van der Waals surface area contributed by atoms with Gasteiger partial charge < -0.3 is 15.0 Å². The number of hydrogen-bond donors (Lipinski definition) is 1. The summed E-state index contributed by atoms with van der Waals surface area (Å²) in [6.45, 7) is 2.56. The molecule has 0 spiro atoms. The maximum atomic E-state index is 5.90. The van der Waals surface area contributed by atoms with Gasteiger partial charge in [-0.05, 0) is 11.1 Å². The Morgan fingerprint density at radius 2 is 2.29 bits per heavy atom. The molecule has 1 aromatic rings. The highest BCUT2D eigenvalue weighted by molar-refractivity contribution is 5.61. The number of nitrogens with one attached hydrogen (secondary N) is 1. The van der Waals surface area contributed by atoms with Gasteiger partial charge in [-0.25, -0.2) is 0 Å². The lowest BCUT2D eigenvalue weighted by Gasteiger charge is -2.17. The van der Waals surface area contributed by atoms with Crippen LogP contribution in [0.1, 0.15) is 17.2 Å². The van der Waals surface area contributed by atoms with Crippen LogP contribution < -0.4 is 5.32 Å². The first-order valence-corrected chi connectivity index (χ1v) is 5.96. The zero-order valence-electron chi connectivity index (χ0n) is 9.67. The normalized spacial score (nSPS) is 20.7. The lowest BCUT2D eigenvalue weighted by atomic mass is 10.1. The van der Waals surface area contributed by atoms with E-state index >= 15 is 0 Å². The van der Waals surface area contributed by atoms with Gasteiger partial charge in [-0.2, -0.15) is 0 Å². The van der Waals surface area contributed by atoms with Crippen molar-refractivity contribution in [1.29, 1.82) is 0 Å². The molecule has 3 nitrogen and oxygen atoms in total. The molecule has 88 valence electrons. The lowest BCUT2D eigenvalue weighted by Crippen LogP contribution is -2.24. The van der Waals surface area contributed by atoms with Crippen LogP contribution in [0.15, 0.2) is 42.7 Å². The number of hydrogen-bond acceptors (Lipinski definition) is 3. The van der Waals surface area contributed by atoms with Crippen LogP contribution in [0.2, 0.25) is 0 Å². The topological polar surface area (TPSA) is 24.5 Å². The third kappa shape index (κ3) is 2.19. The number of rotatable bonds is 4. The third-order valence-corrected chi connectivity index (χ3v) is 3.13. The van der Waals surface area contributed by atoms with E-state index in [4.69, 9.17) is 4.74 Å². The fraction of sp³-hybridized carbons (Fsp3) is 0.286. The average molecular weight is 228 g/mol. The number of ether oxygens (including phenoxy) is 1. The minimum Gasteiger partial charge on any atom is -0.373 e. The molecule has 1 heterocycles. The molecule has 0 aromatic heterocycles. The minimum atomic E-state index is 0.130. The summed E-state index contributed by atoms with van der Waals surface area (Å²) in [5.41, 5.74) is 2.56. The Morgan fingerprint density at radius 3 is 3.18 bits per heavy atom. The Kier molecular flexibility index (Phi) is 2.84. The molecule has 1 unspecified atom stereocenters. The van der Waals surface area contributed by atoms with Gasteiger partial charge in [0.25, 0.3) is 0 Å². The second-order valence-corrected chi connectivity index (χ2v) is 4.27. The Bertz CT molecular complexity index is 453. The SMILES string of the molecule is C1=CN(CCOC2C=Cc3ccccc32)CN1. The molecule has 0 fully saturated rings. The fourth-order valence-electron chi connectivity index (χ4n) is 2.19. The van der Waals surface area contributed by atoms with E-state index in [0.29, 0.717) is 0 Å². The Hall–Kier alpha value is -1.74. The summed E-state index contributed by atoms with van der Waals surface area (Å²) in [5, 5.41) is 3.14. The number of benzene rings is 1. The highest BCUT2D eigenvalue weighted by atomic mass is 16.5. The van der Waals surface area contributed by atoms with Crippen LogP contribution >= 0.6 is 0 Å². The summed E-state index contributed by atoms with van der Waals surface area (Å²) in [4.78, 5) is 2.20. The van der Waals surface area contributed by atoms with Gasteiger partial charge in [0.1, 0.15) is 6.10 Å². The molecule has 17 heavy (non-hydrogen) atoms. The van der Waals surface area contributed by atoms with E-state index in [9.17, 15) is 0 Å². The molecule has 0 saturated carbocycles. The lowest BCUT2D eigenvalue weighted by molar-refractivity contribution is 0.0753. The maximum Gasteiger partial charge on any atom is 0.102 e. The van der Waals surface area contributed by atoms with Crippen LogP contribution in [0.5, 0.6) is 0 Å². The van der Waals surface area contributed by atoms with E-state index in [0.717, 1.165) is 19.8 Å². The molecule has 0 bridgehead atoms. The zero-order chi connectivity index (χ0) is 11.5. The minimum absolute atomic E-state index is 0.130. The first-order valence-electron chi connectivity index (χ1n) is 5.96. The highest BCUT2D eigenvalue weighted by Crippen LogP contribution is 2.30. The van der Waals surface area contributed by atoms with Crippen molar-refractivity contribution < 1.29 is 4.74 Å². The van der Waals surface area contributed by atoms with Gasteiger partial charge in [-0.15, -0.1) is 0 Å². The molecule has 1 aromatic carbocycles. The van der Waals surface area contributed by atoms with Crippen molar-refractivity contribution in [2.45, 2.75) is 6.10 Å². The van der Waals surface area contributed by atoms with Crippen molar-refractivity contribution in [3.63, 3.8) is 0 Å². The van der Waals surface area contributed by atoms with Crippen molar-refractivity contribution in [3.05, 3.63) is 53.9 Å². The summed E-state index contributed by atoms with van der Waals surface area (Å²) in [7, 11) is 0. The first-order chi connectivity index (χ1) is 8.43. The fourth-order valence-corrected chi connectivity index (χ4v) is 2.19. The third-order valence-electron chi connectivity index (χ3n) is 3.13. The molecule has 2 aliphatic rings. The molecular weight excluding hydrogens is 212 g/mol. The van der Waals surface area contributed by atoms with E-state index in [1.54, 1.807) is 0 Å². The van der Waals surface area contributed by atoms with E-state index in [-0.39, 0.29) is 6.10 Å². The summed E-state index contributed by atoms with van der Waals surface area (Å²) < 4.78 is 5.90. The van der Waals surface area contributed by atoms with Crippen LogP contribution in [0, 0.1) is 0 Å². The van der Waals surface area contributed by atoms with Gasteiger partial charge in [-0.1, -0.05) is 36.4 Å². The van der Waals surface area contributed by atoms with Gasteiger partial charge in [0.2, 0.25) is 0 Å². The van der Waals surface area contributed by atoms with Gasteiger partial charge in [0.05, 0.1) is 13.3 Å². The Labute approximate surface area is 101 Å². The van der Waals surface area contributed by atoms with E-state index < -0.39 is 0 Å². The van der Waals surface area contributed by atoms with Crippen LogP contribution in [-0.4, -0.2) is 24.7 Å². The van der Waals surface area contributed by atoms with Crippen LogP contribution in [0.4, 0.5) is 0 Å². The quantitative estimate of drug-likeness (QED) is 0.854. The number of nitrogens with zero attached hydrogens (tertiary/aromatic N) is 1. The van der Waals surface area contributed by atoms with Gasteiger partial charge >= 0.3 is 0 Å². The molecular formula is C14H16N2O. The standard InChI is InChI=1S/C14H16N2O/c1-2-4-13-12(3-1)5-6-14(13)17-10-9-16-8-7-15-11-16/h1-8,14-15H,9-11H2. The smallest absolute Gasteiger partial charge is 0.102 e. The van der Waals surface area contributed by atoms with Gasteiger partial charge in [0, 0.05) is 18.9 Å². The molecule has 0 radical (unpaired) electrons. The second-order valence-electron chi connectivity index (χ2n) is 4.27. The van der Waals surface area contributed by atoms with Gasteiger partial charge in [-0.3, -0.25) is 0 Å². The molecule has 0 saturated heterocycles. The molecule has 1 atom stereocenters. The molecule has 1 N–H and O–H groups in total. The van der Waals surface area contributed by atoms with Crippen molar-refractivity contribution in [1.82, 2.24) is 10.2 Å². The Balaban J connectivity index is 1.53. The van der Waals surface area contributed by atoms with Crippen LogP contribution in [0.25, 0.3) is 6.08 Å². The summed E-state index contributed by atoms with van der Waals surface area (Å²) >= 11 is 0. The molecule has 3 heteroatoms. The number of fused-ring (bicyclic) bond motifs is 1. The maximum absolute atomic E-state index is 5.90.